The standard InChI is InChI=1S/C12H20BrNO2/c1-9(8-15)4-3-7-14-10(2)11-5-6-12(13)16-11/h5-6,9-10,14-15H,3-4,7-8H2,1-2H3. The predicted octanol–water partition coefficient (Wildman–Crippen LogP) is 3.10. The minimum Gasteiger partial charge on any atom is -0.453 e. The van der Waals surface area contributed by atoms with E-state index in [4.69, 9.17) is 9.52 Å². The summed E-state index contributed by atoms with van der Waals surface area (Å²) in [5, 5.41) is 12.3. The van der Waals surface area contributed by atoms with Gasteiger partial charge < -0.3 is 14.8 Å². The van der Waals surface area contributed by atoms with Gasteiger partial charge in [-0.15, -0.1) is 0 Å². The van der Waals surface area contributed by atoms with Crippen molar-refractivity contribution in [1.29, 1.82) is 0 Å². The van der Waals surface area contributed by atoms with Gasteiger partial charge in [-0.2, -0.15) is 0 Å². The number of hydrogen-bond acceptors (Lipinski definition) is 3. The van der Waals surface area contributed by atoms with Gasteiger partial charge in [-0.3, -0.25) is 0 Å². The molecule has 0 bridgehead atoms. The summed E-state index contributed by atoms with van der Waals surface area (Å²) in [5.74, 6) is 1.34. The molecule has 2 unspecified atom stereocenters. The second kappa shape index (κ2) is 7.09. The van der Waals surface area contributed by atoms with Crippen LogP contribution in [0.15, 0.2) is 21.2 Å². The fraction of sp³-hybridized carbons (Fsp3) is 0.667. The molecule has 0 aliphatic carbocycles. The SMILES string of the molecule is CC(CO)CCCNC(C)c1ccc(Br)o1. The van der Waals surface area contributed by atoms with Gasteiger partial charge in [0, 0.05) is 6.61 Å². The summed E-state index contributed by atoms with van der Waals surface area (Å²) >= 11 is 3.29. The minimum absolute atomic E-state index is 0.232. The number of furan rings is 1. The summed E-state index contributed by atoms with van der Waals surface area (Å²) in [7, 11) is 0. The molecule has 1 aromatic heterocycles. The minimum atomic E-state index is 0.232. The van der Waals surface area contributed by atoms with Crippen molar-refractivity contribution in [2.24, 2.45) is 5.92 Å². The van der Waals surface area contributed by atoms with E-state index in [9.17, 15) is 0 Å². The van der Waals surface area contributed by atoms with Gasteiger partial charge in [-0.05, 0) is 60.3 Å². The Kier molecular flexibility index (Phi) is 6.09. The molecule has 0 saturated heterocycles. The van der Waals surface area contributed by atoms with Crippen molar-refractivity contribution >= 4 is 15.9 Å². The molecule has 0 amide bonds. The van der Waals surface area contributed by atoms with E-state index < -0.39 is 0 Å². The highest BCUT2D eigenvalue weighted by Crippen LogP contribution is 2.19. The molecule has 1 rings (SSSR count). The van der Waals surface area contributed by atoms with Crippen LogP contribution in [0.3, 0.4) is 0 Å². The highest BCUT2D eigenvalue weighted by atomic mass is 79.9. The topological polar surface area (TPSA) is 45.4 Å². The van der Waals surface area contributed by atoms with E-state index in [0.29, 0.717) is 5.92 Å². The first kappa shape index (κ1) is 13.7. The largest absolute Gasteiger partial charge is 0.453 e. The summed E-state index contributed by atoms with van der Waals surface area (Å²) in [5.41, 5.74) is 0. The van der Waals surface area contributed by atoms with Crippen molar-refractivity contribution in [2.45, 2.75) is 32.7 Å². The third-order valence-electron chi connectivity index (χ3n) is 2.66. The first-order valence-corrected chi connectivity index (χ1v) is 6.52. The molecule has 0 saturated carbocycles. The molecular weight excluding hydrogens is 270 g/mol. The van der Waals surface area contributed by atoms with Gasteiger partial charge in [0.1, 0.15) is 5.76 Å². The van der Waals surface area contributed by atoms with Gasteiger partial charge in [0.15, 0.2) is 4.67 Å². The zero-order valence-electron chi connectivity index (χ0n) is 9.87. The van der Waals surface area contributed by atoms with Crippen LogP contribution in [0.1, 0.15) is 38.5 Å². The third kappa shape index (κ3) is 4.68. The zero-order chi connectivity index (χ0) is 12.0. The Labute approximate surface area is 105 Å². The van der Waals surface area contributed by atoms with E-state index in [1.54, 1.807) is 0 Å². The summed E-state index contributed by atoms with van der Waals surface area (Å²) in [6, 6.07) is 4.11. The molecule has 16 heavy (non-hydrogen) atoms. The van der Waals surface area contributed by atoms with Crippen molar-refractivity contribution < 1.29 is 9.52 Å². The lowest BCUT2D eigenvalue weighted by molar-refractivity contribution is 0.227. The zero-order valence-corrected chi connectivity index (χ0v) is 11.5. The number of hydrogen-bond donors (Lipinski definition) is 2. The van der Waals surface area contributed by atoms with Crippen LogP contribution in [0.25, 0.3) is 0 Å². The average Bonchev–Trinajstić information content (AvgIpc) is 2.70. The van der Waals surface area contributed by atoms with Crippen molar-refractivity contribution in [1.82, 2.24) is 5.32 Å². The first-order chi connectivity index (χ1) is 7.63. The quantitative estimate of drug-likeness (QED) is 0.758. The van der Waals surface area contributed by atoms with Gasteiger partial charge in [-0.1, -0.05) is 6.92 Å². The van der Waals surface area contributed by atoms with E-state index >= 15 is 0 Å². The van der Waals surface area contributed by atoms with Crippen LogP contribution in [-0.2, 0) is 0 Å². The van der Waals surface area contributed by atoms with E-state index in [0.717, 1.165) is 29.8 Å². The summed E-state index contributed by atoms with van der Waals surface area (Å²) in [4.78, 5) is 0. The maximum Gasteiger partial charge on any atom is 0.169 e. The molecule has 1 heterocycles. The van der Waals surface area contributed by atoms with Crippen LogP contribution in [0, 0.1) is 5.92 Å². The van der Waals surface area contributed by atoms with Crippen LogP contribution in [0.4, 0.5) is 0 Å². The smallest absolute Gasteiger partial charge is 0.169 e. The number of rotatable bonds is 7. The number of aliphatic hydroxyl groups excluding tert-OH is 1. The average molecular weight is 290 g/mol. The normalized spacial score (nSPS) is 15.0. The van der Waals surface area contributed by atoms with E-state index in [-0.39, 0.29) is 12.6 Å². The highest BCUT2D eigenvalue weighted by molar-refractivity contribution is 9.10. The van der Waals surface area contributed by atoms with Gasteiger partial charge in [-0.25, -0.2) is 0 Å². The van der Waals surface area contributed by atoms with E-state index in [1.165, 1.54) is 0 Å². The molecule has 0 aliphatic heterocycles. The lowest BCUT2D eigenvalue weighted by atomic mass is 10.1. The number of nitrogens with one attached hydrogen (secondary N) is 1. The molecule has 0 aliphatic rings. The highest BCUT2D eigenvalue weighted by Gasteiger charge is 2.08. The predicted molar refractivity (Wildman–Crippen MR) is 68.3 cm³/mol. The van der Waals surface area contributed by atoms with Crippen LogP contribution in [-0.4, -0.2) is 18.3 Å². The van der Waals surface area contributed by atoms with Gasteiger partial charge >= 0.3 is 0 Å². The van der Waals surface area contributed by atoms with Gasteiger partial charge in [0.25, 0.3) is 0 Å². The molecule has 0 aromatic carbocycles. The fourth-order valence-electron chi connectivity index (χ4n) is 1.52. The maximum absolute atomic E-state index is 8.88. The molecule has 4 heteroatoms. The molecule has 0 spiro atoms. The molecular formula is C12H20BrNO2. The van der Waals surface area contributed by atoms with Crippen molar-refractivity contribution in [2.75, 3.05) is 13.2 Å². The molecule has 3 nitrogen and oxygen atoms in total. The summed E-state index contributed by atoms with van der Waals surface area (Å²) in [6.45, 7) is 5.37. The van der Waals surface area contributed by atoms with Gasteiger partial charge in [0.2, 0.25) is 0 Å². The van der Waals surface area contributed by atoms with E-state index in [2.05, 4.69) is 35.1 Å². The summed E-state index contributed by atoms with van der Waals surface area (Å²) in [6.07, 6.45) is 2.13. The second-order valence-electron chi connectivity index (χ2n) is 4.25. The Balaban J connectivity index is 2.18. The van der Waals surface area contributed by atoms with Crippen molar-refractivity contribution in [3.63, 3.8) is 0 Å². The Morgan fingerprint density at radius 3 is 2.75 bits per heavy atom. The van der Waals surface area contributed by atoms with Gasteiger partial charge in [0.05, 0.1) is 6.04 Å². The Bertz CT molecular complexity index is 301. The molecule has 0 fully saturated rings. The monoisotopic (exact) mass is 289 g/mol. The Hall–Kier alpha value is -0.320. The molecule has 0 radical (unpaired) electrons. The van der Waals surface area contributed by atoms with Crippen LogP contribution in [0.5, 0.6) is 0 Å². The van der Waals surface area contributed by atoms with Crippen molar-refractivity contribution in [3.05, 3.63) is 22.6 Å². The third-order valence-corrected chi connectivity index (χ3v) is 3.08. The number of halogens is 1. The lowest BCUT2D eigenvalue weighted by Gasteiger charge is -2.12. The molecule has 2 atom stereocenters. The Morgan fingerprint density at radius 2 is 2.19 bits per heavy atom. The lowest BCUT2D eigenvalue weighted by Crippen LogP contribution is -2.20. The fourth-order valence-corrected chi connectivity index (χ4v) is 1.84. The Morgan fingerprint density at radius 1 is 1.44 bits per heavy atom. The molecule has 2 N–H and O–H groups in total. The first-order valence-electron chi connectivity index (χ1n) is 5.73. The van der Waals surface area contributed by atoms with Crippen LogP contribution < -0.4 is 5.32 Å². The maximum atomic E-state index is 8.88. The number of aliphatic hydroxyl groups is 1. The summed E-state index contributed by atoms with van der Waals surface area (Å²) < 4.78 is 6.23. The van der Waals surface area contributed by atoms with Crippen molar-refractivity contribution in [3.8, 4) is 0 Å². The molecule has 92 valence electrons. The van der Waals surface area contributed by atoms with Crippen LogP contribution >= 0.6 is 15.9 Å². The van der Waals surface area contributed by atoms with Crippen LogP contribution in [0.2, 0.25) is 0 Å². The second-order valence-corrected chi connectivity index (χ2v) is 5.03. The van der Waals surface area contributed by atoms with E-state index in [1.807, 2.05) is 12.1 Å². The molecule has 1 aromatic rings.